The van der Waals surface area contributed by atoms with Gasteiger partial charge in [0.05, 0.1) is 17.8 Å². The summed E-state index contributed by atoms with van der Waals surface area (Å²) in [5, 5.41) is 0. The Morgan fingerprint density at radius 3 is 1.74 bits per heavy atom. The molecule has 5 heteroatoms. The van der Waals surface area contributed by atoms with Gasteiger partial charge in [-0.05, 0) is 47.3 Å². The van der Waals surface area contributed by atoms with Crippen LogP contribution in [0.2, 0.25) is 0 Å². The Balaban J connectivity index is 1.38. The van der Waals surface area contributed by atoms with Crippen molar-refractivity contribution in [2.24, 2.45) is 29.6 Å². The van der Waals surface area contributed by atoms with Crippen molar-refractivity contribution in [2.45, 2.75) is 17.5 Å². The van der Waals surface area contributed by atoms with Gasteiger partial charge in [0.15, 0.2) is 0 Å². The first kappa shape index (κ1) is 13.4. The molecule has 5 nitrogen and oxygen atoms in total. The van der Waals surface area contributed by atoms with Crippen molar-refractivity contribution in [3.05, 3.63) is 87.2 Å². The van der Waals surface area contributed by atoms with E-state index in [1.165, 1.54) is 10.1 Å². The quantitative estimate of drug-likeness (QED) is 0.706. The smallest absolute Gasteiger partial charge is 0.245 e. The summed E-state index contributed by atoms with van der Waals surface area (Å²) >= 11 is 0. The summed E-state index contributed by atoms with van der Waals surface area (Å²) in [6.45, 7) is 0. The fraction of sp³-hybridized carbons (Fsp3) is 0.364. The van der Waals surface area contributed by atoms with E-state index < -0.39 is 0 Å². The molecule has 2 aromatic carbocycles. The number of hydrogen-bond acceptors (Lipinski definition) is 2. The Kier molecular flexibility index (Phi) is 1.85. The SMILES string of the molecule is O=c1n(-c2ccccc2)c(=O)n2n1[C@H]1[C@@H]3C4[C@@H]3[C@H]2[C@H]2[C@H]1C42c1ccccc1. The van der Waals surface area contributed by atoms with Gasteiger partial charge < -0.3 is 0 Å². The molecule has 4 saturated carbocycles. The normalized spacial score (nSPS) is 42.9. The molecule has 27 heavy (non-hydrogen) atoms. The molecule has 0 radical (unpaired) electrons. The van der Waals surface area contributed by atoms with Crippen LogP contribution in [-0.4, -0.2) is 13.9 Å². The first-order valence-corrected chi connectivity index (χ1v) is 9.85. The van der Waals surface area contributed by atoms with E-state index in [4.69, 9.17) is 0 Å². The van der Waals surface area contributed by atoms with Crippen molar-refractivity contribution in [1.29, 1.82) is 0 Å². The van der Waals surface area contributed by atoms with Gasteiger partial charge >= 0.3 is 11.4 Å². The Morgan fingerprint density at radius 2 is 1.19 bits per heavy atom. The predicted octanol–water partition coefficient (Wildman–Crippen LogP) is 1.97. The van der Waals surface area contributed by atoms with Gasteiger partial charge in [-0.25, -0.2) is 23.5 Å². The molecule has 8 atom stereocenters. The minimum atomic E-state index is -0.153. The van der Waals surface area contributed by atoms with Gasteiger partial charge in [-0.3, -0.25) is 0 Å². The molecular weight excluding hydrogens is 338 g/mol. The highest BCUT2D eigenvalue weighted by atomic mass is 16.2. The van der Waals surface area contributed by atoms with E-state index in [1.54, 1.807) is 0 Å². The summed E-state index contributed by atoms with van der Waals surface area (Å²) in [4.78, 5) is 26.6. The average Bonchev–Trinajstić information content (AvgIpc) is 3.53. The fourth-order valence-electron chi connectivity index (χ4n) is 8.00. The summed E-state index contributed by atoms with van der Waals surface area (Å²) < 4.78 is 5.07. The van der Waals surface area contributed by atoms with Gasteiger partial charge in [0.1, 0.15) is 0 Å². The zero-order valence-corrected chi connectivity index (χ0v) is 14.5. The minimum Gasteiger partial charge on any atom is -0.245 e. The van der Waals surface area contributed by atoms with E-state index >= 15 is 0 Å². The molecule has 3 aromatic rings. The summed E-state index contributed by atoms with van der Waals surface area (Å²) in [5.74, 6) is 2.92. The molecular formula is C22H17N3O2. The average molecular weight is 355 g/mol. The van der Waals surface area contributed by atoms with Crippen molar-refractivity contribution < 1.29 is 0 Å². The Morgan fingerprint density at radius 1 is 0.667 bits per heavy atom. The van der Waals surface area contributed by atoms with Gasteiger partial charge in [0.2, 0.25) is 0 Å². The molecule has 0 amide bonds. The van der Waals surface area contributed by atoms with Crippen LogP contribution < -0.4 is 11.4 Å². The summed E-state index contributed by atoms with van der Waals surface area (Å²) in [5.41, 5.74) is 2.03. The number of nitrogens with zero attached hydrogens (tertiary/aromatic N) is 3. The number of para-hydroxylation sites is 1. The van der Waals surface area contributed by atoms with Crippen molar-refractivity contribution in [1.82, 2.24) is 13.9 Å². The third-order valence-electron chi connectivity index (χ3n) is 8.45. The fourth-order valence-corrected chi connectivity index (χ4v) is 8.00. The maximum atomic E-state index is 13.3. The van der Waals surface area contributed by atoms with Gasteiger partial charge in [0, 0.05) is 5.41 Å². The van der Waals surface area contributed by atoms with Crippen LogP contribution in [0.15, 0.2) is 70.3 Å². The second-order valence-electron chi connectivity index (χ2n) is 8.94. The standard InChI is InChI=1S/C22H17N3O2/c26-20-23(12-9-5-2-6-10-12)21(27)25-19-14-13-15(14)22(11-7-3-1-4-8-11)16(17(19)22)18(13)24(20)25/h1-10,13-19H/t13-,14+,15?,16-,17-,18+,19+,22?/m1/s1. The number of aromatic nitrogens is 3. The molecule has 6 aliphatic rings. The van der Waals surface area contributed by atoms with Gasteiger partial charge in [0.25, 0.3) is 0 Å². The van der Waals surface area contributed by atoms with E-state index in [0.29, 0.717) is 35.3 Å². The van der Waals surface area contributed by atoms with Crippen LogP contribution in [0.1, 0.15) is 17.6 Å². The maximum absolute atomic E-state index is 13.3. The first-order chi connectivity index (χ1) is 13.3. The number of benzene rings is 2. The largest absolute Gasteiger partial charge is 0.352 e. The van der Waals surface area contributed by atoms with Crippen molar-refractivity contribution in [2.75, 3.05) is 0 Å². The highest BCUT2D eigenvalue weighted by molar-refractivity contribution is 5.54. The van der Waals surface area contributed by atoms with Crippen molar-refractivity contribution in [3.8, 4) is 5.69 Å². The lowest BCUT2D eigenvalue weighted by molar-refractivity contribution is 0.112. The molecule has 2 aliphatic heterocycles. The van der Waals surface area contributed by atoms with E-state index in [1.807, 2.05) is 39.7 Å². The summed E-state index contributed by atoms with van der Waals surface area (Å²) in [6.07, 6.45) is 0. The Bertz CT molecular complexity index is 1210. The molecule has 9 rings (SSSR count). The monoisotopic (exact) mass is 355 g/mol. The Hall–Kier alpha value is -2.82. The van der Waals surface area contributed by atoms with Crippen LogP contribution in [0.5, 0.6) is 0 Å². The van der Waals surface area contributed by atoms with Crippen molar-refractivity contribution in [3.63, 3.8) is 0 Å². The molecule has 0 saturated heterocycles. The van der Waals surface area contributed by atoms with Crippen LogP contribution in [0, 0.1) is 29.6 Å². The van der Waals surface area contributed by atoms with Crippen molar-refractivity contribution >= 4 is 0 Å². The lowest BCUT2D eigenvalue weighted by atomic mass is 9.89. The van der Waals surface area contributed by atoms with E-state index in [-0.39, 0.29) is 28.9 Å². The van der Waals surface area contributed by atoms with Crippen LogP contribution in [0.4, 0.5) is 0 Å². The Labute approximate surface area is 154 Å². The third kappa shape index (κ3) is 1.10. The molecule has 2 bridgehead atoms. The molecule has 0 N–H and O–H groups in total. The molecule has 2 unspecified atom stereocenters. The summed E-state index contributed by atoms with van der Waals surface area (Å²) in [7, 11) is 0. The zero-order chi connectivity index (χ0) is 17.7. The van der Waals surface area contributed by atoms with Crippen LogP contribution in [0.25, 0.3) is 5.69 Å². The molecule has 4 fully saturated rings. The third-order valence-corrected chi connectivity index (χ3v) is 8.45. The topological polar surface area (TPSA) is 48.9 Å². The first-order valence-electron chi connectivity index (χ1n) is 9.85. The predicted molar refractivity (Wildman–Crippen MR) is 97.9 cm³/mol. The van der Waals surface area contributed by atoms with Gasteiger partial charge in [-0.1, -0.05) is 48.5 Å². The number of rotatable bonds is 2. The van der Waals surface area contributed by atoms with Crippen LogP contribution in [0.3, 0.4) is 0 Å². The molecule has 4 aliphatic carbocycles. The highest BCUT2D eigenvalue weighted by Gasteiger charge is 2.97. The molecule has 3 heterocycles. The molecule has 132 valence electrons. The second-order valence-corrected chi connectivity index (χ2v) is 8.94. The van der Waals surface area contributed by atoms with Crippen LogP contribution in [-0.2, 0) is 5.41 Å². The van der Waals surface area contributed by atoms with Gasteiger partial charge in [-0.15, -0.1) is 0 Å². The second kappa shape index (κ2) is 3.75. The minimum absolute atomic E-state index is 0.153. The highest BCUT2D eigenvalue weighted by Crippen LogP contribution is 2.97. The lowest BCUT2D eigenvalue weighted by Gasteiger charge is -2.36. The van der Waals surface area contributed by atoms with E-state index in [9.17, 15) is 9.59 Å². The van der Waals surface area contributed by atoms with E-state index in [2.05, 4.69) is 30.3 Å². The van der Waals surface area contributed by atoms with Crippen LogP contribution >= 0.6 is 0 Å². The maximum Gasteiger partial charge on any atom is 0.352 e. The number of hydrogen-bond donors (Lipinski definition) is 0. The lowest BCUT2D eigenvalue weighted by Crippen LogP contribution is -2.45. The molecule has 1 aromatic heterocycles. The summed E-state index contributed by atoms with van der Waals surface area (Å²) in [6, 6.07) is 20.6. The molecule has 0 spiro atoms. The van der Waals surface area contributed by atoms with E-state index in [0.717, 1.165) is 0 Å². The van der Waals surface area contributed by atoms with Gasteiger partial charge in [-0.2, -0.15) is 0 Å². The zero-order valence-electron chi connectivity index (χ0n) is 14.5.